The first-order chi connectivity index (χ1) is 10.3. The standard InChI is InChI=1S/C19H23NS/c1-14-7-5-11-18(15(14)2)21-19-10-4-3-9-17(19)16-8-6-12-20-13-16/h3-5,7,9-11,16,20H,6,8,12-13H2,1-2H3. The number of hydrogen-bond acceptors (Lipinski definition) is 2. The van der Waals surface area contributed by atoms with Gasteiger partial charge in [-0.05, 0) is 68.0 Å². The van der Waals surface area contributed by atoms with Crippen LogP contribution in [0.1, 0.15) is 35.4 Å². The molecule has 0 amide bonds. The smallest absolute Gasteiger partial charge is 0.0157 e. The van der Waals surface area contributed by atoms with Crippen molar-refractivity contribution in [1.82, 2.24) is 5.32 Å². The molecule has 110 valence electrons. The molecule has 21 heavy (non-hydrogen) atoms. The van der Waals surface area contributed by atoms with Gasteiger partial charge in [0.2, 0.25) is 0 Å². The predicted octanol–water partition coefficient (Wildman–Crippen LogP) is 4.92. The Kier molecular flexibility index (Phi) is 4.67. The first-order valence-corrected chi connectivity index (χ1v) is 8.61. The number of piperidine rings is 1. The van der Waals surface area contributed by atoms with E-state index in [1.54, 1.807) is 0 Å². The van der Waals surface area contributed by atoms with E-state index in [1.807, 2.05) is 11.8 Å². The summed E-state index contributed by atoms with van der Waals surface area (Å²) in [5.74, 6) is 0.660. The van der Waals surface area contributed by atoms with Crippen LogP contribution in [0.5, 0.6) is 0 Å². The summed E-state index contributed by atoms with van der Waals surface area (Å²) in [5.41, 5.74) is 4.28. The minimum absolute atomic E-state index is 0.660. The molecule has 2 aromatic carbocycles. The Balaban J connectivity index is 1.90. The molecule has 0 radical (unpaired) electrons. The van der Waals surface area contributed by atoms with Crippen LogP contribution in [-0.4, -0.2) is 13.1 Å². The maximum Gasteiger partial charge on any atom is 0.0157 e. The van der Waals surface area contributed by atoms with Gasteiger partial charge in [0.1, 0.15) is 0 Å². The van der Waals surface area contributed by atoms with Crippen molar-refractivity contribution in [3.8, 4) is 0 Å². The van der Waals surface area contributed by atoms with E-state index in [0.29, 0.717) is 5.92 Å². The lowest BCUT2D eigenvalue weighted by Crippen LogP contribution is -2.28. The number of nitrogens with one attached hydrogen (secondary N) is 1. The predicted molar refractivity (Wildman–Crippen MR) is 91.3 cm³/mol. The van der Waals surface area contributed by atoms with Crippen LogP contribution >= 0.6 is 11.8 Å². The molecule has 1 atom stereocenters. The van der Waals surface area contributed by atoms with Crippen molar-refractivity contribution in [2.45, 2.75) is 42.4 Å². The summed E-state index contributed by atoms with van der Waals surface area (Å²) in [5, 5.41) is 3.54. The first kappa shape index (κ1) is 14.7. The molecule has 1 aliphatic heterocycles. The van der Waals surface area contributed by atoms with Crippen LogP contribution in [0, 0.1) is 13.8 Å². The average molecular weight is 297 g/mol. The number of benzene rings is 2. The minimum atomic E-state index is 0.660. The van der Waals surface area contributed by atoms with Crippen molar-refractivity contribution in [1.29, 1.82) is 0 Å². The molecule has 1 aliphatic rings. The Morgan fingerprint density at radius 1 is 1.00 bits per heavy atom. The second-order valence-corrected chi connectivity index (χ2v) is 6.96. The zero-order chi connectivity index (χ0) is 14.7. The maximum atomic E-state index is 3.54. The lowest BCUT2D eigenvalue weighted by molar-refractivity contribution is 0.457. The minimum Gasteiger partial charge on any atom is -0.316 e. The van der Waals surface area contributed by atoms with Crippen LogP contribution in [0.25, 0.3) is 0 Å². The van der Waals surface area contributed by atoms with Gasteiger partial charge < -0.3 is 5.32 Å². The largest absolute Gasteiger partial charge is 0.316 e. The van der Waals surface area contributed by atoms with E-state index < -0.39 is 0 Å². The van der Waals surface area contributed by atoms with Crippen LogP contribution < -0.4 is 5.32 Å². The van der Waals surface area contributed by atoms with Crippen LogP contribution in [0.15, 0.2) is 52.3 Å². The summed E-state index contributed by atoms with van der Waals surface area (Å²) in [6.45, 7) is 6.70. The van der Waals surface area contributed by atoms with Crippen molar-refractivity contribution in [3.63, 3.8) is 0 Å². The highest BCUT2D eigenvalue weighted by Gasteiger charge is 2.18. The van der Waals surface area contributed by atoms with Crippen LogP contribution in [0.4, 0.5) is 0 Å². The molecule has 0 aromatic heterocycles. The fourth-order valence-electron chi connectivity index (χ4n) is 2.98. The van der Waals surface area contributed by atoms with Crippen molar-refractivity contribution in [2.24, 2.45) is 0 Å². The summed E-state index contributed by atoms with van der Waals surface area (Å²) in [4.78, 5) is 2.80. The van der Waals surface area contributed by atoms with E-state index in [2.05, 4.69) is 61.6 Å². The van der Waals surface area contributed by atoms with Crippen molar-refractivity contribution in [2.75, 3.05) is 13.1 Å². The molecule has 1 unspecified atom stereocenters. The van der Waals surface area contributed by atoms with E-state index in [1.165, 1.54) is 45.9 Å². The van der Waals surface area contributed by atoms with E-state index in [9.17, 15) is 0 Å². The summed E-state index contributed by atoms with van der Waals surface area (Å²) in [6, 6.07) is 15.5. The average Bonchev–Trinajstić information content (AvgIpc) is 2.53. The Hall–Kier alpha value is -1.25. The van der Waals surface area contributed by atoms with Gasteiger partial charge in [0.05, 0.1) is 0 Å². The molecular formula is C19H23NS. The van der Waals surface area contributed by atoms with Crippen LogP contribution in [0.2, 0.25) is 0 Å². The summed E-state index contributed by atoms with van der Waals surface area (Å²) in [6.07, 6.45) is 2.59. The second-order valence-electron chi connectivity index (χ2n) is 5.88. The SMILES string of the molecule is Cc1cccc(Sc2ccccc2C2CCCNC2)c1C. The Morgan fingerprint density at radius 2 is 1.81 bits per heavy atom. The number of aryl methyl sites for hydroxylation is 1. The molecule has 0 saturated carbocycles. The first-order valence-electron chi connectivity index (χ1n) is 7.79. The Morgan fingerprint density at radius 3 is 2.62 bits per heavy atom. The molecule has 1 saturated heterocycles. The third kappa shape index (κ3) is 3.33. The number of hydrogen-bond donors (Lipinski definition) is 1. The Bertz CT molecular complexity index is 615. The Labute approximate surface area is 132 Å². The summed E-state index contributed by atoms with van der Waals surface area (Å²) < 4.78 is 0. The highest BCUT2D eigenvalue weighted by atomic mass is 32.2. The normalized spacial score (nSPS) is 18.7. The van der Waals surface area contributed by atoms with Gasteiger partial charge in [-0.25, -0.2) is 0 Å². The lowest BCUT2D eigenvalue weighted by atomic mass is 9.92. The molecule has 1 heterocycles. The fraction of sp³-hybridized carbons (Fsp3) is 0.368. The monoisotopic (exact) mass is 297 g/mol. The van der Waals surface area contributed by atoms with Gasteiger partial charge in [-0.15, -0.1) is 0 Å². The van der Waals surface area contributed by atoms with E-state index >= 15 is 0 Å². The summed E-state index contributed by atoms with van der Waals surface area (Å²) >= 11 is 1.92. The van der Waals surface area contributed by atoms with Gasteiger partial charge in [-0.2, -0.15) is 0 Å². The maximum absolute atomic E-state index is 3.54. The molecule has 0 aliphatic carbocycles. The van der Waals surface area contributed by atoms with E-state index in [-0.39, 0.29) is 0 Å². The van der Waals surface area contributed by atoms with Crippen LogP contribution in [0.3, 0.4) is 0 Å². The second kappa shape index (κ2) is 6.67. The molecular weight excluding hydrogens is 274 g/mol. The van der Waals surface area contributed by atoms with Gasteiger partial charge in [-0.3, -0.25) is 0 Å². The summed E-state index contributed by atoms with van der Waals surface area (Å²) in [7, 11) is 0. The highest BCUT2D eigenvalue weighted by Crippen LogP contribution is 2.37. The quantitative estimate of drug-likeness (QED) is 0.863. The molecule has 1 N–H and O–H groups in total. The third-order valence-corrected chi connectivity index (χ3v) is 5.68. The van der Waals surface area contributed by atoms with Gasteiger partial charge in [-0.1, -0.05) is 42.1 Å². The molecule has 1 nitrogen and oxygen atoms in total. The van der Waals surface area contributed by atoms with Gasteiger partial charge >= 0.3 is 0 Å². The topological polar surface area (TPSA) is 12.0 Å². The van der Waals surface area contributed by atoms with Gasteiger partial charge in [0.15, 0.2) is 0 Å². The molecule has 2 aromatic rings. The van der Waals surface area contributed by atoms with Gasteiger partial charge in [0.25, 0.3) is 0 Å². The molecule has 0 spiro atoms. The number of rotatable bonds is 3. The van der Waals surface area contributed by atoms with Crippen molar-refractivity contribution < 1.29 is 0 Å². The van der Waals surface area contributed by atoms with Gasteiger partial charge in [0, 0.05) is 16.3 Å². The molecule has 0 bridgehead atoms. The van der Waals surface area contributed by atoms with Crippen LogP contribution in [-0.2, 0) is 0 Å². The van der Waals surface area contributed by atoms with E-state index in [0.717, 1.165) is 6.54 Å². The zero-order valence-corrected chi connectivity index (χ0v) is 13.7. The van der Waals surface area contributed by atoms with Crippen molar-refractivity contribution in [3.05, 3.63) is 59.2 Å². The van der Waals surface area contributed by atoms with E-state index in [4.69, 9.17) is 0 Å². The molecule has 2 heteroatoms. The third-order valence-electron chi connectivity index (χ3n) is 4.43. The molecule has 3 rings (SSSR count). The zero-order valence-electron chi connectivity index (χ0n) is 12.9. The molecule has 1 fully saturated rings. The highest BCUT2D eigenvalue weighted by molar-refractivity contribution is 7.99. The fourth-order valence-corrected chi connectivity index (χ4v) is 4.18. The van der Waals surface area contributed by atoms with Crippen molar-refractivity contribution >= 4 is 11.8 Å². The lowest BCUT2D eigenvalue weighted by Gasteiger charge is -2.25.